The molecule has 0 aromatic carbocycles. The largest absolute Gasteiger partial charge is 0.394 e. The molecule has 17 N–H and O–H groups in total. The molecule has 17 atom stereocenters. The van der Waals surface area contributed by atoms with E-state index >= 15 is 0 Å². The third-order valence-corrected chi connectivity index (χ3v) is 20.1. The quantitative estimate of drug-likeness (QED) is 0.0388. The molecular formula is C78H144N8O25. The minimum atomic E-state index is -1.39. The first-order valence-corrected chi connectivity index (χ1v) is 41.7. The van der Waals surface area contributed by atoms with Crippen molar-refractivity contribution in [1.82, 2.24) is 42.5 Å². The van der Waals surface area contributed by atoms with Crippen LogP contribution in [0.2, 0.25) is 0 Å². The lowest BCUT2D eigenvalue weighted by Gasteiger charge is -2.42. The average molecular weight is 1590 g/mol. The van der Waals surface area contributed by atoms with E-state index in [4.69, 9.17) is 37.9 Å². The lowest BCUT2D eigenvalue weighted by molar-refractivity contribution is -0.270. The number of nitrogens with one attached hydrogen (secondary N) is 8. The van der Waals surface area contributed by atoms with E-state index in [0.717, 1.165) is 161 Å². The minimum Gasteiger partial charge on any atom is -0.394 e. The summed E-state index contributed by atoms with van der Waals surface area (Å²) in [6, 6.07) is -4.84. The van der Waals surface area contributed by atoms with E-state index in [1.54, 1.807) is 0 Å². The van der Waals surface area contributed by atoms with Gasteiger partial charge < -0.3 is 126 Å². The predicted molar refractivity (Wildman–Crippen MR) is 410 cm³/mol. The second kappa shape index (κ2) is 62.4. The number of hydrogen-bond donors (Lipinski definition) is 17. The summed E-state index contributed by atoms with van der Waals surface area (Å²) in [5.41, 5.74) is 0. The molecule has 3 aliphatic heterocycles. The normalized spacial score (nSPS) is 24.4. The fourth-order valence-corrected chi connectivity index (χ4v) is 13.7. The van der Waals surface area contributed by atoms with Crippen LogP contribution in [0.4, 0.5) is 0 Å². The van der Waals surface area contributed by atoms with Crippen LogP contribution in [0.3, 0.4) is 0 Å². The third kappa shape index (κ3) is 44.1. The van der Waals surface area contributed by atoms with E-state index in [-0.39, 0.29) is 50.1 Å². The van der Waals surface area contributed by atoms with E-state index in [0.29, 0.717) is 104 Å². The van der Waals surface area contributed by atoms with Crippen LogP contribution < -0.4 is 42.5 Å². The number of ether oxygens (including phenoxy) is 8. The van der Waals surface area contributed by atoms with Crippen LogP contribution in [0.1, 0.15) is 259 Å². The van der Waals surface area contributed by atoms with Crippen LogP contribution in [-0.4, -0.2) is 283 Å². The highest BCUT2D eigenvalue weighted by molar-refractivity contribution is 5.92. The first-order valence-electron chi connectivity index (χ1n) is 41.7. The van der Waals surface area contributed by atoms with Crippen molar-refractivity contribution in [2.45, 2.75) is 363 Å². The Morgan fingerprint density at radius 1 is 0.324 bits per heavy atom. The summed E-state index contributed by atoms with van der Waals surface area (Å²) in [7, 11) is 0. The van der Waals surface area contributed by atoms with Crippen molar-refractivity contribution in [1.29, 1.82) is 0 Å². The molecule has 0 saturated carbocycles. The van der Waals surface area contributed by atoms with Crippen molar-refractivity contribution < 1.29 is 122 Å². The van der Waals surface area contributed by atoms with Crippen molar-refractivity contribution in [3.05, 3.63) is 0 Å². The maximum atomic E-state index is 14.3. The highest BCUT2D eigenvalue weighted by Gasteiger charge is 2.48. The van der Waals surface area contributed by atoms with Crippen LogP contribution in [0.15, 0.2) is 0 Å². The topological polar surface area (TPSA) is 489 Å². The molecule has 0 bridgehead atoms. The number of carbonyl (C=O) groups is 8. The van der Waals surface area contributed by atoms with Gasteiger partial charge in [0.05, 0.1) is 39.6 Å². The molecule has 3 fully saturated rings. The number of hydrogen-bond acceptors (Lipinski definition) is 25. The van der Waals surface area contributed by atoms with Crippen molar-refractivity contribution in [3.63, 3.8) is 0 Å². The second-order valence-corrected chi connectivity index (χ2v) is 29.7. The molecule has 0 radical (unpaired) electrons. The van der Waals surface area contributed by atoms with Gasteiger partial charge in [-0.15, -0.1) is 0 Å². The zero-order chi connectivity index (χ0) is 81.4. The summed E-state index contributed by atoms with van der Waals surface area (Å²) >= 11 is 0. The fourth-order valence-electron chi connectivity index (χ4n) is 13.7. The summed E-state index contributed by atoms with van der Waals surface area (Å²) < 4.78 is 45.3. The molecule has 3 saturated heterocycles. The number of rotatable bonds is 66. The Morgan fingerprint density at radius 2 is 0.631 bits per heavy atom. The average Bonchev–Trinajstić information content (AvgIpc) is 0.821. The molecule has 33 nitrogen and oxygen atoms in total. The van der Waals surface area contributed by atoms with Gasteiger partial charge in [-0.2, -0.15) is 0 Å². The molecule has 111 heavy (non-hydrogen) atoms. The standard InChI is InChI=1S/C78H144N8O25/c1-5-104-49-50-105-48-44-81-74(102)57(37-30-32-42-79-62(93)39-27-21-15-9-6-12-18-24-34-45-106-76-65(82-54(2)90)71(99)68(96)59(51-87)109-76)86-75(103)58(85-64(95)41-29-23-17-11-8-14-20-26-36-47-108-78-67(84-56(4)92)73(101)70(98)61(53-89)111-78)38-31-33-43-80-63(94)40-28-22-16-10-7-13-19-25-35-46-107-77-66(83-55(3)91)72(100)69(97)60(52-88)110-77/h57-61,65-73,76-78,87-89,96-101H,5-53H2,1-4H3,(H,79,93)(H,80,94)(H,81,102)(H,82,90)(H,83,91)(H,84,92)(H,85,95)(H,86,103). The Morgan fingerprint density at radius 3 is 0.955 bits per heavy atom. The molecule has 17 unspecified atom stereocenters. The monoisotopic (exact) mass is 1590 g/mol. The van der Waals surface area contributed by atoms with E-state index in [1.165, 1.54) is 20.8 Å². The fraction of sp³-hybridized carbons (Fsp3) is 0.897. The molecule has 0 aliphatic carbocycles. The van der Waals surface area contributed by atoms with Gasteiger partial charge in [-0.25, -0.2) is 0 Å². The number of unbranched alkanes of at least 4 members (excludes halogenated alkanes) is 26. The maximum absolute atomic E-state index is 14.3. The molecule has 33 heteroatoms. The number of aliphatic hydroxyl groups excluding tert-OH is 9. The van der Waals surface area contributed by atoms with Gasteiger partial charge in [0, 0.05) is 86.1 Å². The maximum Gasteiger partial charge on any atom is 0.243 e. The van der Waals surface area contributed by atoms with E-state index in [1.807, 2.05) is 6.92 Å². The minimum absolute atomic E-state index is 0.0571. The second-order valence-electron chi connectivity index (χ2n) is 29.7. The molecule has 0 aromatic heterocycles. The molecule has 0 spiro atoms. The number of carbonyl (C=O) groups excluding carboxylic acids is 8. The van der Waals surface area contributed by atoms with Crippen molar-refractivity contribution in [2.24, 2.45) is 0 Å². The van der Waals surface area contributed by atoms with Gasteiger partial charge >= 0.3 is 0 Å². The van der Waals surface area contributed by atoms with Crippen LogP contribution in [0, 0.1) is 0 Å². The van der Waals surface area contributed by atoms with Gasteiger partial charge in [0.25, 0.3) is 0 Å². The predicted octanol–water partition coefficient (Wildman–Crippen LogP) is 2.28. The van der Waals surface area contributed by atoms with Gasteiger partial charge in [0.15, 0.2) is 18.9 Å². The van der Waals surface area contributed by atoms with Crippen molar-refractivity contribution >= 4 is 47.3 Å². The van der Waals surface area contributed by atoms with Gasteiger partial charge in [-0.1, -0.05) is 135 Å². The Labute approximate surface area is 658 Å². The van der Waals surface area contributed by atoms with Gasteiger partial charge in [0.1, 0.15) is 85.1 Å². The highest BCUT2D eigenvalue weighted by atomic mass is 16.7. The van der Waals surface area contributed by atoms with Gasteiger partial charge in [-0.05, 0) is 84.0 Å². The smallest absolute Gasteiger partial charge is 0.243 e. The summed E-state index contributed by atoms with van der Waals surface area (Å²) in [5, 5.41) is 113. The molecule has 0 aromatic rings. The zero-order valence-corrected chi connectivity index (χ0v) is 67.0. The Kier molecular flexibility index (Phi) is 56.4. The van der Waals surface area contributed by atoms with Crippen LogP contribution in [-0.2, 0) is 76.3 Å². The Balaban J connectivity index is 1.44. The van der Waals surface area contributed by atoms with Crippen LogP contribution >= 0.6 is 0 Å². The Hall–Kier alpha value is -4.92. The lowest BCUT2D eigenvalue weighted by Crippen LogP contribution is -2.64. The Bertz CT molecular complexity index is 2510. The number of amides is 8. The molecule has 3 rings (SSSR count). The summed E-state index contributed by atoms with van der Waals surface area (Å²) in [4.78, 5) is 103. The molecule has 3 heterocycles. The van der Waals surface area contributed by atoms with Crippen LogP contribution in [0.5, 0.6) is 0 Å². The summed E-state index contributed by atoms with van der Waals surface area (Å²) in [6.07, 6.45) is 13.8. The lowest BCUT2D eigenvalue weighted by atomic mass is 9.97. The molecular weight excluding hydrogens is 1450 g/mol. The highest BCUT2D eigenvalue weighted by Crippen LogP contribution is 2.27. The molecule has 3 aliphatic rings. The van der Waals surface area contributed by atoms with E-state index < -0.39 is 153 Å². The van der Waals surface area contributed by atoms with Gasteiger partial charge in [-0.3, -0.25) is 38.4 Å². The summed E-state index contributed by atoms with van der Waals surface area (Å²) in [6.45, 7) is 7.64. The molecule has 8 amide bonds. The van der Waals surface area contributed by atoms with Crippen molar-refractivity contribution in [3.8, 4) is 0 Å². The SMILES string of the molecule is CCOCCOCCNC(=O)C(CCCCNC(=O)CCCCCCCCCCCOC1OC(CO)C(O)C(O)C1NC(C)=O)NC(=O)C(CCCCNC(=O)CCCCCCCCCCCOC1OC(CO)C(O)C(O)C1NC(C)=O)NC(=O)CCCCCCCCCCCOC1OC(CO)C(O)C(O)C1NC(C)=O. The van der Waals surface area contributed by atoms with Crippen LogP contribution in [0.25, 0.3) is 0 Å². The zero-order valence-electron chi connectivity index (χ0n) is 67.0. The van der Waals surface area contributed by atoms with E-state index in [9.17, 15) is 84.3 Å². The van der Waals surface area contributed by atoms with E-state index in [2.05, 4.69) is 42.5 Å². The third-order valence-electron chi connectivity index (χ3n) is 20.1. The summed E-state index contributed by atoms with van der Waals surface area (Å²) in [5.74, 6) is -2.55. The first kappa shape index (κ1) is 100. The van der Waals surface area contributed by atoms with Crippen molar-refractivity contribution in [2.75, 3.05) is 85.7 Å². The van der Waals surface area contributed by atoms with Gasteiger partial charge in [0.2, 0.25) is 47.3 Å². The molecule has 646 valence electrons. The first-order chi connectivity index (χ1) is 53.6. The number of aliphatic hydroxyl groups is 9.